The Labute approximate surface area is 97.4 Å². The molecule has 0 aromatic heterocycles. The van der Waals surface area contributed by atoms with Crippen molar-refractivity contribution in [2.45, 2.75) is 27.7 Å². The molecule has 1 N–H and O–H groups in total. The van der Waals surface area contributed by atoms with Crippen LogP contribution in [-0.2, 0) is 0 Å². The Morgan fingerprint density at radius 1 is 1.07 bits per heavy atom. The number of hydrogen-bond donors (Lipinski definition) is 1. The standard InChI is InChI=1S/C11H14O2.Ga/c1-6-5-10(11(12)13)9(4)8(3)7(6)2;/h5H,1-4H3,(H,12,13);. The van der Waals surface area contributed by atoms with Crippen LogP contribution in [0.15, 0.2) is 6.07 Å². The molecule has 3 heteroatoms. The molecule has 0 aliphatic carbocycles. The van der Waals surface area contributed by atoms with E-state index in [0.717, 1.165) is 16.7 Å². The van der Waals surface area contributed by atoms with Crippen molar-refractivity contribution in [1.82, 2.24) is 0 Å². The zero-order valence-corrected chi connectivity index (χ0v) is 11.4. The maximum absolute atomic E-state index is 10.8. The number of rotatable bonds is 1. The fourth-order valence-electron chi connectivity index (χ4n) is 1.43. The summed E-state index contributed by atoms with van der Waals surface area (Å²) in [5, 5.41) is 8.91. The fourth-order valence-corrected chi connectivity index (χ4v) is 1.43. The van der Waals surface area contributed by atoms with Crippen molar-refractivity contribution in [3.05, 3.63) is 33.9 Å². The summed E-state index contributed by atoms with van der Waals surface area (Å²) in [6.45, 7) is 7.77. The van der Waals surface area contributed by atoms with Crippen LogP contribution in [0.2, 0.25) is 0 Å². The van der Waals surface area contributed by atoms with E-state index < -0.39 is 5.97 Å². The average Bonchev–Trinajstić information content (AvgIpc) is 2.07. The molecule has 0 aliphatic heterocycles. The van der Waals surface area contributed by atoms with Gasteiger partial charge in [-0.15, -0.1) is 0 Å². The van der Waals surface area contributed by atoms with Crippen LogP contribution >= 0.6 is 0 Å². The van der Waals surface area contributed by atoms with E-state index >= 15 is 0 Å². The van der Waals surface area contributed by atoms with Crippen molar-refractivity contribution >= 4 is 25.8 Å². The van der Waals surface area contributed by atoms with Gasteiger partial charge in [0.05, 0.1) is 5.56 Å². The van der Waals surface area contributed by atoms with Crippen LogP contribution in [0.1, 0.15) is 32.6 Å². The van der Waals surface area contributed by atoms with Crippen LogP contribution < -0.4 is 0 Å². The first-order valence-electron chi connectivity index (χ1n) is 4.26. The molecule has 1 aromatic rings. The van der Waals surface area contributed by atoms with Crippen molar-refractivity contribution in [2.24, 2.45) is 0 Å². The number of carboxylic acids is 1. The normalized spacial score (nSPS) is 9.43. The summed E-state index contributed by atoms with van der Waals surface area (Å²) in [7, 11) is 0. The minimum absolute atomic E-state index is 0. The molecular weight excluding hydrogens is 234 g/mol. The topological polar surface area (TPSA) is 37.3 Å². The van der Waals surface area contributed by atoms with Gasteiger partial charge >= 0.3 is 5.97 Å². The van der Waals surface area contributed by atoms with Crippen molar-refractivity contribution in [2.75, 3.05) is 0 Å². The Morgan fingerprint density at radius 3 is 2.00 bits per heavy atom. The van der Waals surface area contributed by atoms with E-state index in [9.17, 15) is 4.79 Å². The van der Waals surface area contributed by atoms with Gasteiger partial charge in [0.2, 0.25) is 0 Å². The molecule has 0 saturated carbocycles. The van der Waals surface area contributed by atoms with Gasteiger partial charge in [-0.2, -0.15) is 0 Å². The first-order valence-corrected chi connectivity index (χ1v) is 4.26. The van der Waals surface area contributed by atoms with Gasteiger partial charge in [0.15, 0.2) is 0 Å². The maximum atomic E-state index is 10.8. The first-order chi connectivity index (χ1) is 5.95. The number of aromatic carboxylic acids is 1. The van der Waals surface area contributed by atoms with Gasteiger partial charge in [-0.05, 0) is 56.0 Å². The van der Waals surface area contributed by atoms with Gasteiger partial charge in [0, 0.05) is 19.8 Å². The van der Waals surface area contributed by atoms with Crippen LogP contribution in [-0.4, -0.2) is 30.9 Å². The van der Waals surface area contributed by atoms with Crippen LogP contribution in [0.3, 0.4) is 0 Å². The van der Waals surface area contributed by atoms with Crippen LogP contribution in [0, 0.1) is 27.7 Å². The summed E-state index contributed by atoms with van der Waals surface area (Å²) in [5.74, 6) is -0.844. The van der Waals surface area contributed by atoms with Crippen LogP contribution in [0.25, 0.3) is 0 Å². The third-order valence-corrected chi connectivity index (χ3v) is 2.71. The van der Waals surface area contributed by atoms with Gasteiger partial charge in [-0.1, -0.05) is 0 Å². The molecule has 2 nitrogen and oxygen atoms in total. The number of carbonyl (C=O) groups is 1. The second kappa shape index (κ2) is 4.71. The predicted molar refractivity (Wildman–Crippen MR) is 58.1 cm³/mol. The monoisotopic (exact) mass is 247 g/mol. The largest absolute Gasteiger partial charge is 0.478 e. The summed E-state index contributed by atoms with van der Waals surface area (Å²) in [6.07, 6.45) is 0. The van der Waals surface area contributed by atoms with Crippen molar-refractivity contribution in [3.63, 3.8) is 0 Å². The molecule has 1 rings (SSSR count). The molecule has 0 atom stereocenters. The molecule has 1 aromatic carbocycles. The smallest absolute Gasteiger partial charge is 0.335 e. The first kappa shape index (κ1) is 13.3. The third-order valence-electron chi connectivity index (χ3n) is 2.71. The zero-order chi connectivity index (χ0) is 10.2. The predicted octanol–water partition coefficient (Wildman–Crippen LogP) is 2.24. The minimum Gasteiger partial charge on any atom is -0.478 e. The summed E-state index contributed by atoms with van der Waals surface area (Å²) in [5.41, 5.74) is 4.59. The number of hydrogen-bond acceptors (Lipinski definition) is 1. The van der Waals surface area contributed by atoms with Crippen LogP contribution in [0.4, 0.5) is 0 Å². The third kappa shape index (κ3) is 2.22. The van der Waals surface area contributed by atoms with E-state index in [1.165, 1.54) is 5.56 Å². The summed E-state index contributed by atoms with van der Waals surface area (Å²) < 4.78 is 0. The van der Waals surface area contributed by atoms with E-state index in [1.807, 2.05) is 27.7 Å². The average molecular weight is 248 g/mol. The molecule has 0 amide bonds. The van der Waals surface area contributed by atoms with Gasteiger partial charge in [-0.3, -0.25) is 0 Å². The fraction of sp³-hybridized carbons (Fsp3) is 0.364. The zero-order valence-electron chi connectivity index (χ0n) is 9.01. The molecule has 14 heavy (non-hydrogen) atoms. The second-order valence-corrected chi connectivity index (χ2v) is 3.42. The molecular formula is C11H14GaO2. The van der Waals surface area contributed by atoms with Crippen molar-refractivity contribution in [1.29, 1.82) is 0 Å². The SMILES string of the molecule is Cc1cc(C(=O)O)c(C)c(C)c1C.[Ga]. The van der Waals surface area contributed by atoms with Gasteiger partial charge in [-0.25, -0.2) is 4.79 Å². The number of benzene rings is 1. The Bertz CT molecular complexity index is 370. The van der Waals surface area contributed by atoms with E-state index in [4.69, 9.17) is 5.11 Å². The van der Waals surface area contributed by atoms with Gasteiger partial charge in [0.1, 0.15) is 0 Å². The number of aryl methyl sites for hydroxylation is 1. The minimum atomic E-state index is -0.844. The van der Waals surface area contributed by atoms with E-state index in [1.54, 1.807) is 6.07 Å². The Kier molecular flexibility index (Phi) is 4.48. The second-order valence-electron chi connectivity index (χ2n) is 3.42. The Morgan fingerprint density at radius 2 is 1.57 bits per heavy atom. The molecule has 0 unspecified atom stereocenters. The summed E-state index contributed by atoms with van der Waals surface area (Å²) in [4.78, 5) is 10.8. The van der Waals surface area contributed by atoms with E-state index in [-0.39, 0.29) is 19.8 Å². The van der Waals surface area contributed by atoms with E-state index in [0.29, 0.717) is 5.56 Å². The molecule has 3 radical (unpaired) electrons. The summed E-state index contributed by atoms with van der Waals surface area (Å²) >= 11 is 0. The molecule has 73 valence electrons. The maximum Gasteiger partial charge on any atom is 0.335 e. The molecule has 0 heterocycles. The molecule has 0 aliphatic rings. The molecule has 0 saturated heterocycles. The van der Waals surface area contributed by atoms with E-state index in [2.05, 4.69) is 0 Å². The van der Waals surface area contributed by atoms with Crippen molar-refractivity contribution in [3.8, 4) is 0 Å². The molecule has 0 fully saturated rings. The van der Waals surface area contributed by atoms with Gasteiger partial charge in [0.25, 0.3) is 0 Å². The quantitative estimate of drug-likeness (QED) is 0.773. The Balaban J connectivity index is 0.00000169. The van der Waals surface area contributed by atoms with Crippen molar-refractivity contribution < 1.29 is 9.90 Å². The Hall–Kier alpha value is -0.674. The van der Waals surface area contributed by atoms with Crippen LogP contribution in [0.5, 0.6) is 0 Å². The number of carboxylic acid groups (broad SMARTS) is 1. The summed E-state index contributed by atoms with van der Waals surface area (Å²) in [6, 6.07) is 1.74. The van der Waals surface area contributed by atoms with Gasteiger partial charge < -0.3 is 5.11 Å². The molecule has 0 spiro atoms. The molecule has 0 bridgehead atoms.